The summed E-state index contributed by atoms with van der Waals surface area (Å²) < 4.78 is 10.1. The van der Waals surface area contributed by atoms with Crippen LogP contribution in [0.25, 0.3) is 12.2 Å². The zero-order chi connectivity index (χ0) is 26.2. The quantitative estimate of drug-likeness (QED) is 0.175. The number of carbonyl (C=O) groups is 2. The number of halogens is 1. The Bertz CT molecular complexity index is 975. The van der Waals surface area contributed by atoms with Crippen LogP contribution in [0.1, 0.15) is 30.4 Å². The minimum atomic E-state index is -0.184. The molecule has 0 fully saturated rings. The average molecular weight is 534 g/mol. The van der Waals surface area contributed by atoms with Crippen molar-refractivity contribution in [3.8, 4) is 23.0 Å². The van der Waals surface area contributed by atoms with Crippen molar-refractivity contribution in [3.63, 3.8) is 0 Å². The topological polar surface area (TPSA) is 129 Å². The molecule has 0 aliphatic rings. The van der Waals surface area contributed by atoms with E-state index in [9.17, 15) is 19.8 Å². The largest absolute Gasteiger partial charge is 0.504 e. The molecule has 10 heteroatoms. The highest BCUT2D eigenvalue weighted by atomic mass is 35.5. The molecule has 0 saturated carbocycles. The van der Waals surface area contributed by atoms with Crippen molar-refractivity contribution >= 4 is 36.4 Å². The van der Waals surface area contributed by atoms with Crippen LogP contribution in [-0.2, 0) is 9.59 Å². The van der Waals surface area contributed by atoms with E-state index in [0.717, 1.165) is 43.5 Å². The summed E-state index contributed by atoms with van der Waals surface area (Å²) >= 11 is 0. The lowest BCUT2D eigenvalue weighted by Crippen LogP contribution is -2.27. The summed E-state index contributed by atoms with van der Waals surface area (Å²) in [5.74, 6) is 0.460. The number of unbranched alkanes of at least 4 members (excludes halogenated alkanes) is 1. The van der Waals surface area contributed by atoms with E-state index in [0.29, 0.717) is 24.6 Å². The highest BCUT2D eigenvalue weighted by Gasteiger charge is 2.03. The minimum absolute atomic E-state index is 0. The lowest BCUT2D eigenvalue weighted by molar-refractivity contribution is -0.117. The fraction of sp³-hybridized carbons (Fsp3) is 0.333. The number of carbonyl (C=O) groups excluding carboxylic acids is 2. The van der Waals surface area contributed by atoms with Crippen molar-refractivity contribution in [1.29, 1.82) is 0 Å². The Balaban J connectivity index is 0.00000684. The molecule has 0 atom stereocenters. The highest BCUT2D eigenvalue weighted by molar-refractivity contribution is 5.92. The van der Waals surface area contributed by atoms with Crippen molar-refractivity contribution in [2.45, 2.75) is 19.3 Å². The van der Waals surface area contributed by atoms with E-state index < -0.39 is 0 Å². The zero-order valence-electron chi connectivity index (χ0n) is 21.2. The number of benzene rings is 2. The van der Waals surface area contributed by atoms with E-state index in [1.54, 1.807) is 36.4 Å². The van der Waals surface area contributed by atoms with E-state index in [2.05, 4.69) is 16.0 Å². The highest BCUT2D eigenvalue weighted by Crippen LogP contribution is 2.27. The van der Waals surface area contributed by atoms with Crippen LogP contribution >= 0.6 is 12.4 Å². The van der Waals surface area contributed by atoms with Gasteiger partial charge in [0.25, 0.3) is 0 Å². The van der Waals surface area contributed by atoms with E-state index in [1.807, 2.05) is 0 Å². The normalized spacial score (nSPS) is 10.8. The van der Waals surface area contributed by atoms with Gasteiger partial charge in [0.2, 0.25) is 11.8 Å². The molecular formula is C27H36ClN3O6. The van der Waals surface area contributed by atoms with Crippen LogP contribution in [0.3, 0.4) is 0 Å². The Kier molecular flexibility index (Phi) is 15.0. The minimum Gasteiger partial charge on any atom is -0.504 e. The third kappa shape index (κ3) is 12.2. The molecule has 2 aromatic carbocycles. The van der Waals surface area contributed by atoms with Gasteiger partial charge in [-0.3, -0.25) is 9.59 Å². The van der Waals surface area contributed by atoms with Gasteiger partial charge in [-0.15, -0.1) is 12.4 Å². The number of hydrogen-bond donors (Lipinski definition) is 5. The van der Waals surface area contributed by atoms with Gasteiger partial charge >= 0.3 is 0 Å². The molecule has 5 N–H and O–H groups in total. The van der Waals surface area contributed by atoms with Crippen molar-refractivity contribution in [1.82, 2.24) is 16.0 Å². The van der Waals surface area contributed by atoms with Crippen LogP contribution < -0.4 is 25.4 Å². The number of phenols is 2. The summed E-state index contributed by atoms with van der Waals surface area (Å²) in [6.07, 6.45) is 8.80. The number of phenolic OH excluding ortho intramolecular Hbond substituents is 2. The van der Waals surface area contributed by atoms with E-state index >= 15 is 0 Å². The number of ether oxygens (including phenoxy) is 2. The second-order valence-electron chi connectivity index (χ2n) is 7.92. The molecule has 0 aliphatic heterocycles. The van der Waals surface area contributed by atoms with Crippen LogP contribution in [-0.4, -0.2) is 62.4 Å². The summed E-state index contributed by atoms with van der Waals surface area (Å²) in [5.41, 5.74) is 1.51. The third-order valence-corrected chi connectivity index (χ3v) is 5.17. The first-order valence-electron chi connectivity index (χ1n) is 11.8. The predicted molar refractivity (Wildman–Crippen MR) is 147 cm³/mol. The summed E-state index contributed by atoms with van der Waals surface area (Å²) in [5, 5.41) is 28.2. The number of aromatic hydroxyl groups is 2. The predicted octanol–water partition coefficient (Wildman–Crippen LogP) is 3.26. The first-order valence-corrected chi connectivity index (χ1v) is 11.8. The van der Waals surface area contributed by atoms with Crippen molar-refractivity contribution in [3.05, 3.63) is 59.7 Å². The van der Waals surface area contributed by atoms with Crippen molar-refractivity contribution < 1.29 is 29.3 Å². The fourth-order valence-electron chi connectivity index (χ4n) is 3.19. The van der Waals surface area contributed by atoms with Crippen LogP contribution in [0.4, 0.5) is 0 Å². The standard InChI is InChI=1S/C27H35N3O6.ClH/c1-35-24-18-20(6-10-22(24)31)8-12-26(33)29-16-4-3-14-28-15-5-17-30-27(34)13-9-21-7-11-23(32)25(19-21)36-2;/h6-13,18-19,28,31-32H,3-5,14-17H2,1-2H3,(H,29,33)(H,30,34);1H/b12-8+,13-9+;. The Morgan fingerprint density at radius 3 is 1.65 bits per heavy atom. The smallest absolute Gasteiger partial charge is 0.243 e. The van der Waals surface area contributed by atoms with Crippen molar-refractivity contribution in [2.75, 3.05) is 40.4 Å². The molecule has 0 spiro atoms. The molecule has 2 amide bonds. The van der Waals surface area contributed by atoms with Gasteiger partial charge in [0.05, 0.1) is 14.2 Å². The summed E-state index contributed by atoms with van der Waals surface area (Å²) in [6, 6.07) is 9.74. The summed E-state index contributed by atoms with van der Waals surface area (Å²) in [4.78, 5) is 23.8. The number of hydrogen-bond acceptors (Lipinski definition) is 7. The Labute approximate surface area is 224 Å². The van der Waals surface area contributed by atoms with Gasteiger partial charge in [-0.1, -0.05) is 12.1 Å². The molecule has 0 saturated heterocycles. The maximum atomic E-state index is 11.9. The van der Waals surface area contributed by atoms with Gasteiger partial charge in [0.1, 0.15) is 0 Å². The fourth-order valence-corrected chi connectivity index (χ4v) is 3.19. The van der Waals surface area contributed by atoms with Gasteiger partial charge in [0.15, 0.2) is 23.0 Å². The van der Waals surface area contributed by atoms with Gasteiger partial charge < -0.3 is 35.6 Å². The van der Waals surface area contributed by atoms with E-state index in [1.165, 1.54) is 38.5 Å². The molecular weight excluding hydrogens is 498 g/mol. The van der Waals surface area contributed by atoms with Crippen LogP contribution in [0.5, 0.6) is 23.0 Å². The molecule has 0 heterocycles. The van der Waals surface area contributed by atoms with E-state index in [4.69, 9.17) is 9.47 Å². The Hall–Kier alpha value is -3.69. The van der Waals surface area contributed by atoms with Gasteiger partial charge in [-0.25, -0.2) is 0 Å². The number of amides is 2. The summed E-state index contributed by atoms with van der Waals surface area (Å²) in [6.45, 7) is 2.75. The average Bonchev–Trinajstić information content (AvgIpc) is 2.88. The van der Waals surface area contributed by atoms with Gasteiger partial charge in [-0.05, 0) is 79.9 Å². The van der Waals surface area contributed by atoms with Crippen LogP contribution in [0.2, 0.25) is 0 Å². The number of nitrogens with one attached hydrogen (secondary N) is 3. The van der Waals surface area contributed by atoms with Gasteiger partial charge in [-0.2, -0.15) is 0 Å². The zero-order valence-corrected chi connectivity index (χ0v) is 22.0. The Morgan fingerprint density at radius 2 is 1.16 bits per heavy atom. The second kappa shape index (κ2) is 17.7. The first-order chi connectivity index (χ1) is 17.4. The lowest BCUT2D eigenvalue weighted by Gasteiger charge is -2.06. The molecule has 9 nitrogen and oxygen atoms in total. The van der Waals surface area contributed by atoms with Crippen molar-refractivity contribution in [2.24, 2.45) is 0 Å². The molecule has 37 heavy (non-hydrogen) atoms. The maximum absolute atomic E-state index is 11.9. The van der Waals surface area contributed by atoms with Crippen LogP contribution in [0, 0.1) is 0 Å². The molecule has 2 aromatic rings. The summed E-state index contributed by atoms with van der Waals surface area (Å²) in [7, 11) is 2.94. The number of rotatable bonds is 15. The second-order valence-corrected chi connectivity index (χ2v) is 7.92. The molecule has 0 bridgehead atoms. The molecule has 0 radical (unpaired) electrons. The molecule has 2 rings (SSSR count). The van der Waals surface area contributed by atoms with E-state index in [-0.39, 0.29) is 35.7 Å². The van der Waals surface area contributed by atoms with Crippen LogP contribution in [0.15, 0.2) is 48.6 Å². The Morgan fingerprint density at radius 1 is 0.730 bits per heavy atom. The molecule has 202 valence electrons. The van der Waals surface area contributed by atoms with Gasteiger partial charge in [0, 0.05) is 25.2 Å². The first kappa shape index (κ1) is 31.3. The number of methoxy groups -OCH3 is 2. The maximum Gasteiger partial charge on any atom is 0.243 e. The molecule has 0 aromatic heterocycles. The lowest BCUT2D eigenvalue weighted by atomic mass is 10.2. The third-order valence-electron chi connectivity index (χ3n) is 5.17. The molecule has 0 aliphatic carbocycles. The monoisotopic (exact) mass is 533 g/mol. The SMILES string of the molecule is COc1cc(/C=C/C(=O)NCCCCNCCCNC(=O)/C=C/c2ccc(O)c(OC)c2)ccc1O.Cl. The molecule has 0 unspecified atom stereocenters.